The maximum atomic E-state index is 5.47. The minimum absolute atomic E-state index is 0.529. The molecule has 2 heteroatoms. The molecule has 3 aromatic carbocycles. The van der Waals surface area contributed by atoms with E-state index in [-0.39, 0.29) is 0 Å². The molecule has 0 amide bonds. The van der Waals surface area contributed by atoms with Gasteiger partial charge in [0.1, 0.15) is 0 Å². The Balaban J connectivity index is 2.43. The van der Waals surface area contributed by atoms with Crippen molar-refractivity contribution in [3.8, 4) is 0 Å². The first-order chi connectivity index (χ1) is 13.2. The highest BCUT2D eigenvalue weighted by Crippen LogP contribution is 2.41. The molecule has 2 nitrogen and oxygen atoms in total. The lowest BCUT2D eigenvalue weighted by Gasteiger charge is -2.36. The van der Waals surface area contributed by atoms with Gasteiger partial charge < -0.3 is 4.74 Å². The van der Waals surface area contributed by atoms with Crippen LogP contribution in [-0.4, -0.2) is 19.9 Å². The molecule has 0 spiro atoms. The van der Waals surface area contributed by atoms with Gasteiger partial charge in [-0.15, -0.1) is 0 Å². The first-order valence-electron chi connectivity index (χ1n) is 9.09. The van der Waals surface area contributed by atoms with E-state index in [4.69, 9.17) is 9.73 Å². The molecule has 0 atom stereocenters. The zero-order valence-electron chi connectivity index (χ0n) is 16.1. The molecule has 0 radical (unpaired) electrons. The van der Waals surface area contributed by atoms with Crippen molar-refractivity contribution in [1.29, 1.82) is 0 Å². The first-order valence-corrected chi connectivity index (χ1v) is 9.09. The van der Waals surface area contributed by atoms with E-state index in [0.29, 0.717) is 0 Å². The number of allylic oxidation sites excluding steroid dienone is 2. The maximum Gasteiger partial charge on any atom is 0.0943 e. The number of hydrogen-bond donors (Lipinski definition) is 0. The summed E-state index contributed by atoms with van der Waals surface area (Å²) in [5.41, 5.74) is 3.91. The van der Waals surface area contributed by atoms with Crippen molar-refractivity contribution in [3.63, 3.8) is 0 Å². The second-order valence-electron chi connectivity index (χ2n) is 6.42. The zero-order valence-corrected chi connectivity index (χ0v) is 16.1. The average molecular weight is 355 g/mol. The molecule has 3 rings (SSSR count). The van der Waals surface area contributed by atoms with Gasteiger partial charge in [0.15, 0.2) is 0 Å². The molecule has 0 aliphatic heterocycles. The van der Waals surface area contributed by atoms with Crippen molar-refractivity contribution in [2.75, 3.05) is 14.2 Å². The molecule has 0 aromatic heterocycles. The Labute approximate surface area is 161 Å². The summed E-state index contributed by atoms with van der Waals surface area (Å²) in [7, 11) is 3.53. The molecular formula is C25H25NO. The van der Waals surface area contributed by atoms with Crippen LogP contribution in [0.4, 0.5) is 0 Å². The van der Waals surface area contributed by atoms with Gasteiger partial charge in [0.25, 0.3) is 0 Å². The molecule has 0 bridgehead atoms. The Morgan fingerprint density at radius 2 is 1.11 bits per heavy atom. The Bertz CT molecular complexity index is 816. The molecule has 0 aliphatic rings. The van der Waals surface area contributed by atoms with Crippen molar-refractivity contribution in [2.24, 2.45) is 4.99 Å². The summed E-state index contributed by atoms with van der Waals surface area (Å²) < 4.78 is 5.47. The third kappa shape index (κ3) is 3.56. The van der Waals surface area contributed by atoms with Gasteiger partial charge in [-0.05, 0) is 29.7 Å². The predicted octanol–water partition coefficient (Wildman–Crippen LogP) is 5.64. The highest BCUT2D eigenvalue weighted by atomic mass is 16.5. The summed E-state index contributed by atoms with van der Waals surface area (Å²) in [5.74, 6) is 0.822. The third-order valence-electron chi connectivity index (χ3n) is 4.91. The molecule has 0 saturated heterocycles. The predicted molar refractivity (Wildman–Crippen MR) is 113 cm³/mol. The van der Waals surface area contributed by atoms with Crippen LogP contribution in [0.1, 0.15) is 23.6 Å². The Kier molecular flexibility index (Phi) is 5.87. The topological polar surface area (TPSA) is 21.6 Å². The van der Waals surface area contributed by atoms with E-state index in [1.54, 1.807) is 7.11 Å². The van der Waals surface area contributed by atoms with Crippen LogP contribution in [0.15, 0.2) is 108 Å². The van der Waals surface area contributed by atoms with E-state index in [1.165, 1.54) is 16.7 Å². The van der Waals surface area contributed by atoms with Crippen LogP contribution >= 0.6 is 0 Å². The van der Waals surface area contributed by atoms with Gasteiger partial charge in [-0.3, -0.25) is 4.99 Å². The number of nitrogens with zero attached hydrogens (tertiary/aromatic N) is 1. The van der Waals surface area contributed by atoms with Crippen LogP contribution in [0.3, 0.4) is 0 Å². The first kappa shape index (κ1) is 18.7. The number of aliphatic imine (C=N–C) groups is 1. The molecule has 136 valence electrons. The Morgan fingerprint density at radius 3 is 1.41 bits per heavy atom. The molecule has 0 N–H and O–H groups in total. The van der Waals surface area contributed by atoms with Gasteiger partial charge in [-0.2, -0.15) is 0 Å². The minimum Gasteiger partial charge on any atom is -0.501 e. The third-order valence-corrected chi connectivity index (χ3v) is 4.91. The molecule has 0 heterocycles. The van der Waals surface area contributed by atoms with Crippen LogP contribution in [0, 0.1) is 0 Å². The summed E-state index contributed by atoms with van der Waals surface area (Å²) in [6.45, 7) is 1.96. The summed E-state index contributed by atoms with van der Waals surface area (Å²) in [6.07, 6.45) is 2.03. The highest BCUT2D eigenvalue weighted by molar-refractivity contribution is 6.09. The van der Waals surface area contributed by atoms with Gasteiger partial charge in [0, 0.05) is 7.05 Å². The zero-order chi connectivity index (χ0) is 19.1. The van der Waals surface area contributed by atoms with E-state index in [1.807, 2.05) is 38.2 Å². The summed E-state index contributed by atoms with van der Waals surface area (Å²) in [5, 5.41) is 0. The Hall–Kier alpha value is -3.13. The highest BCUT2D eigenvalue weighted by Gasteiger charge is 2.40. The monoisotopic (exact) mass is 355 g/mol. The fourth-order valence-corrected chi connectivity index (χ4v) is 3.60. The molecule has 0 unspecified atom stereocenters. The van der Waals surface area contributed by atoms with Crippen molar-refractivity contribution < 1.29 is 4.74 Å². The fourth-order valence-electron chi connectivity index (χ4n) is 3.60. The molecule has 0 fully saturated rings. The van der Waals surface area contributed by atoms with Gasteiger partial charge in [0.05, 0.1) is 24.0 Å². The van der Waals surface area contributed by atoms with Crippen molar-refractivity contribution >= 4 is 5.71 Å². The quantitative estimate of drug-likeness (QED) is 0.318. The minimum atomic E-state index is -0.529. The summed E-state index contributed by atoms with van der Waals surface area (Å²) >= 11 is 0. The standard InChI is InChI=1S/C25H25NO/c1-20(27-3)19-24(26-2)25(21-13-7-4-8-14-21,22-15-9-5-10-16-22)23-17-11-6-12-18-23/h4-19H,1-3H3. The van der Waals surface area contributed by atoms with Crippen LogP contribution in [-0.2, 0) is 10.2 Å². The Morgan fingerprint density at radius 1 is 0.741 bits per heavy atom. The van der Waals surface area contributed by atoms with Crippen LogP contribution < -0.4 is 0 Å². The summed E-state index contributed by atoms with van der Waals surface area (Å²) in [4.78, 5) is 4.74. The van der Waals surface area contributed by atoms with Crippen LogP contribution in [0.5, 0.6) is 0 Å². The lowest BCUT2D eigenvalue weighted by molar-refractivity contribution is 0.294. The summed E-state index contributed by atoms with van der Waals surface area (Å²) in [6, 6.07) is 31.6. The van der Waals surface area contributed by atoms with Gasteiger partial charge in [-0.1, -0.05) is 91.0 Å². The van der Waals surface area contributed by atoms with E-state index in [9.17, 15) is 0 Å². The largest absolute Gasteiger partial charge is 0.501 e. The van der Waals surface area contributed by atoms with E-state index in [2.05, 4.69) is 72.8 Å². The lowest BCUT2D eigenvalue weighted by Crippen LogP contribution is -2.38. The van der Waals surface area contributed by atoms with E-state index < -0.39 is 5.41 Å². The maximum absolute atomic E-state index is 5.47. The van der Waals surface area contributed by atoms with Gasteiger partial charge in [0.2, 0.25) is 0 Å². The molecular weight excluding hydrogens is 330 g/mol. The fraction of sp³-hybridized carbons (Fsp3) is 0.160. The number of ether oxygens (including phenoxy) is 1. The average Bonchev–Trinajstić information content (AvgIpc) is 2.75. The normalized spacial score (nSPS) is 12.7. The van der Waals surface area contributed by atoms with E-state index in [0.717, 1.165) is 11.5 Å². The van der Waals surface area contributed by atoms with Crippen molar-refractivity contribution in [2.45, 2.75) is 12.3 Å². The molecule has 0 saturated carbocycles. The molecule has 0 aliphatic carbocycles. The van der Waals surface area contributed by atoms with E-state index >= 15 is 0 Å². The van der Waals surface area contributed by atoms with Crippen molar-refractivity contribution in [1.82, 2.24) is 0 Å². The molecule has 27 heavy (non-hydrogen) atoms. The smallest absolute Gasteiger partial charge is 0.0943 e. The van der Waals surface area contributed by atoms with Gasteiger partial charge >= 0.3 is 0 Å². The lowest BCUT2D eigenvalue weighted by atomic mass is 9.66. The second kappa shape index (κ2) is 8.50. The van der Waals surface area contributed by atoms with Crippen LogP contribution in [0.25, 0.3) is 0 Å². The number of hydrogen-bond acceptors (Lipinski definition) is 2. The molecule has 3 aromatic rings. The van der Waals surface area contributed by atoms with Crippen molar-refractivity contribution in [3.05, 3.63) is 120 Å². The number of methoxy groups -OCH3 is 1. The van der Waals surface area contributed by atoms with Crippen LogP contribution in [0.2, 0.25) is 0 Å². The second-order valence-corrected chi connectivity index (χ2v) is 6.42. The number of rotatable bonds is 6. The SMILES string of the molecule is CN=C(C=C(C)OC)C(c1ccccc1)(c1ccccc1)c1ccccc1. The van der Waals surface area contributed by atoms with Gasteiger partial charge in [-0.25, -0.2) is 0 Å². The number of benzene rings is 3.